The van der Waals surface area contributed by atoms with Gasteiger partial charge >= 0.3 is 0 Å². The molecular weight excluding hydrogens is 228 g/mol. The SMILES string of the molecule is CC(Br)C(C)CC1CCC(C)(C)O1. The number of rotatable bonds is 3. The van der Waals surface area contributed by atoms with Crippen LogP contribution in [0.25, 0.3) is 0 Å². The highest BCUT2D eigenvalue weighted by molar-refractivity contribution is 9.09. The van der Waals surface area contributed by atoms with Gasteiger partial charge in [-0.25, -0.2) is 0 Å². The Hall–Kier alpha value is 0.440. The van der Waals surface area contributed by atoms with E-state index in [1.54, 1.807) is 0 Å². The first kappa shape index (κ1) is 11.5. The van der Waals surface area contributed by atoms with E-state index in [0.717, 1.165) is 0 Å². The summed E-state index contributed by atoms with van der Waals surface area (Å²) in [5.74, 6) is 0.707. The van der Waals surface area contributed by atoms with E-state index in [1.807, 2.05) is 0 Å². The molecule has 0 bridgehead atoms. The topological polar surface area (TPSA) is 9.23 Å². The Bertz CT molecular complexity index is 165. The van der Waals surface area contributed by atoms with Crippen LogP contribution in [0.2, 0.25) is 0 Å². The molecule has 0 aromatic heterocycles. The van der Waals surface area contributed by atoms with Crippen molar-refractivity contribution in [1.82, 2.24) is 0 Å². The molecule has 2 heteroatoms. The van der Waals surface area contributed by atoms with Crippen LogP contribution in [0.15, 0.2) is 0 Å². The second-order valence-electron chi connectivity index (χ2n) is 4.93. The maximum absolute atomic E-state index is 5.95. The van der Waals surface area contributed by atoms with E-state index < -0.39 is 0 Å². The average Bonchev–Trinajstić information content (AvgIpc) is 2.30. The Morgan fingerprint density at radius 3 is 2.46 bits per heavy atom. The molecule has 0 aliphatic carbocycles. The van der Waals surface area contributed by atoms with Crippen LogP contribution in [0.1, 0.15) is 47.0 Å². The second kappa shape index (κ2) is 4.31. The van der Waals surface area contributed by atoms with E-state index in [1.165, 1.54) is 19.3 Å². The maximum atomic E-state index is 5.95. The van der Waals surface area contributed by atoms with Gasteiger partial charge in [-0.2, -0.15) is 0 Å². The largest absolute Gasteiger partial charge is 0.372 e. The van der Waals surface area contributed by atoms with Crippen molar-refractivity contribution in [1.29, 1.82) is 0 Å². The highest BCUT2D eigenvalue weighted by Crippen LogP contribution is 2.33. The molecule has 0 spiro atoms. The van der Waals surface area contributed by atoms with Crippen LogP contribution >= 0.6 is 15.9 Å². The lowest BCUT2D eigenvalue weighted by atomic mass is 9.98. The molecule has 3 unspecified atom stereocenters. The lowest BCUT2D eigenvalue weighted by Crippen LogP contribution is -2.22. The number of ether oxygens (including phenoxy) is 1. The first-order valence-electron chi connectivity index (χ1n) is 5.22. The summed E-state index contributed by atoms with van der Waals surface area (Å²) in [5.41, 5.74) is 0.125. The van der Waals surface area contributed by atoms with Gasteiger partial charge in [-0.1, -0.05) is 29.8 Å². The number of alkyl halides is 1. The van der Waals surface area contributed by atoms with Gasteiger partial charge in [-0.05, 0) is 39.0 Å². The average molecular weight is 249 g/mol. The van der Waals surface area contributed by atoms with Gasteiger partial charge in [0.05, 0.1) is 11.7 Å². The number of halogens is 1. The molecule has 1 rings (SSSR count). The summed E-state index contributed by atoms with van der Waals surface area (Å²) < 4.78 is 5.95. The fourth-order valence-electron chi connectivity index (χ4n) is 1.85. The zero-order valence-electron chi connectivity index (χ0n) is 9.14. The number of hydrogen-bond donors (Lipinski definition) is 0. The summed E-state index contributed by atoms with van der Waals surface area (Å²) in [6.45, 7) is 8.88. The highest BCUT2D eigenvalue weighted by Gasteiger charge is 2.32. The summed E-state index contributed by atoms with van der Waals surface area (Å²) in [6, 6.07) is 0. The molecular formula is C11H21BrO. The van der Waals surface area contributed by atoms with Crippen molar-refractivity contribution in [2.45, 2.75) is 63.5 Å². The van der Waals surface area contributed by atoms with Crippen LogP contribution in [-0.2, 0) is 4.74 Å². The Morgan fingerprint density at radius 2 is 2.08 bits per heavy atom. The minimum Gasteiger partial charge on any atom is -0.372 e. The van der Waals surface area contributed by atoms with Crippen molar-refractivity contribution in [2.75, 3.05) is 0 Å². The molecule has 3 atom stereocenters. The van der Waals surface area contributed by atoms with Crippen molar-refractivity contribution >= 4 is 15.9 Å². The molecule has 0 aromatic carbocycles. The quantitative estimate of drug-likeness (QED) is 0.692. The Morgan fingerprint density at radius 1 is 1.46 bits per heavy atom. The summed E-state index contributed by atoms with van der Waals surface area (Å²) in [5, 5.41) is 0. The molecule has 1 heterocycles. The smallest absolute Gasteiger partial charge is 0.0631 e. The van der Waals surface area contributed by atoms with Crippen molar-refractivity contribution in [3.63, 3.8) is 0 Å². The minimum absolute atomic E-state index is 0.125. The summed E-state index contributed by atoms with van der Waals surface area (Å²) in [7, 11) is 0. The van der Waals surface area contributed by atoms with Gasteiger partial charge in [0.1, 0.15) is 0 Å². The van der Waals surface area contributed by atoms with Crippen LogP contribution in [0, 0.1) is 5.92 Å². The van der Waals surface area contributed by atoms with Gasteiger partial charge in [0.15, 0.2) is 0 Å². The molecule has 0 amide bonds. The van der Waals surface area contributed by atoms with Crippen LogP contribution < -0.4 is 0 Å². The molecule has 1 nitrogen and oxygen atoms in total. The van der Waals surface area contributed by atoms with Crippen LogP contribution in [0.4, 0.5) is 0 Å². The monoisotopic (exact) mass is 248 g/mol. The Labute approximate surface area is 90.4 Å². The fourth-order valence-corrected chi connectivity index (χ4v) is 2.06. The summed E-state index contributed by atoms with van der Waals surface area (Å²) in [6.07, 6.45) is 4.12. The third-order valence-electron chi connectivity index (χ3n) is 2.97. The molecule has 0 radical (unpaired) electrons. The first-order chi connectivity index (χ1) is 5.91. The molecule has 1 fully saturated rings. The molecule has 0 saturated carbocycles. The first-order valence-corrected chi connectivity index (χ1v) is 6.14. The third kappa shape index (κ3) is 3.59. The highest BCUT2D eigenvalue weighted by atomic mass is 79.9. The van der Waals surface area contributed by atoms with Gasteiger partial charge in [-0.3, -0.25) is 0 Å². The molecule has 1 saturated heterocycles. The molecule has 78 valence electrons. The number of hydrogen-bond acceptors (Lipinski definition) is 1. The van der Waals surface area contributed by atoms with Crippen molar-refractivity contribution in [3.8, 4) is 0 Å². The van der Waals surface area contributed by atoms with E-state index in [2.05, 4.69) is 43.6 Å². The second-order valence-corrected chi connectivity index (χ2v) is 6.37. The third-order valence-corrected chi connectivity index (χ3v) is 3.88. The lowest BCUT2D eigenvalue weighted by molar-refractivity contribution is -0.0234. The van der Waals surface area contributed by atoms with Crippen molar-refractivity contribution < 1.29 is 4.74 Å². The molecule has 1 aliphatic rings. The maximum Gasteiger partial charge on any atom is 0.0631 e. The molecule has 0 aromatic rings. The van der Waals surface area contributed by atoms with E-state index in [0.29, 0.717) is 16.8 Å². The van der Waals surface area contributed by atoms with Crippen LogP contribution in [0.3, 0.4) is 0 Å². The normalized spacial score (nSPS) is 31.6. The molecule has 13 heavy (non-hydrogen) atoms. The van der Waals surface area contributed by atoms with Crippen molar-refractivity contribution in [2.24, 2.45) is 5.92 Å². The van der Waals surface area contributed by atoms with E-state index in [-0.39, 0.29) is 5.60 Å². The van der Waals surface area contributed by atoms with Gasteiger partial charge in [0.25, 0.3) is 0 Å². The zero-order chi connectivity index (χ0) is 10.1. The standard InChI is InChI=1S/C11H21BrO/c1-8(9(2)12)7-10-5-6-11(3,4)13-10/h8-10H,5-7H2,1-4H3. The Kier molecular flexibility index (Phi) is 3.82. The predicted octanol–water partition coefficient (Wildman–Crippen LogP) is 3.75. The predicted molar refractivity (Wildman–Crippen MR) is 60.4 cm³/mol. The Balaban J connectivity index is 2.32. The van der Waals surface area contributed by atoms with Gasteiger partial charge in [0, 0.05) is 4.83 Å². The minimum atomic E-state index is 0.125. The van der Waals surface area contributed by atoms with Gasteiger partial charge in [-0.15, -0.1) is 0 Å². The zero-order valence-corrected chi connectivity index (χ0v) is 10.7. The summed E-state index contributed by atoms with van der Waals surface area (Å²) >= 11 is 3.62. The summed E-state index contributed by atoms with van der Waals surface area (Å²) in [4.78, 5) is 0.597. The lowest BCUT2D eigenvalue weighted by Gasteiger charge is -2.22. The molecule has 1 aliphatic heterocycles. The van der Waals surface area contributed by atoms with E-state index in [4.69, 9.17) is 4.74 Å². The van der Waals surface area contributed by atoms with Gasteiger partial charge in [0.2, 0.25) is 0 Å². The van der Waals surface area contributed by atoms with E-state index in [9.17, 15) is 0 Å². The molecule has 0 N–H and O–H groups in total. The van der Waals surface area contributed by atoms with Gasteiger partial charge < -0.3 is 4.74 Å². The van der Waals surface area contributed by atoms with Crippen LogP contribution in [0.5, 0.6) is 0 Å². The van der Waals surface area contributed by atoms with Crippen LogP contribution in [-0.4, -0.2) is 16.5 Å². The van der Waals surface area contributed by atoms with E-state index >= 15 is 0 Å². The fraction of sp³-hybridized carbons (Fsp3) is 1.00. The van der Waals surface area contributed by atoms with Crippen molar-refractivity contribution in [3.05, 3.63) is 0 Å².